The largest absolute Gasteiger partial charge is 0.464 e. The van der Waals surface area contributed by atoms with Crippen LogP contribution >= 0.6 is 0 Å². The minimum Gasteiger partial charge on any atom is -0.464 e. The van der Waals surface area contributed by atoms with Crippen molar-refractivity contribution < 1.29 is 14.3 Å². The van der Waals surface area contributed by atoms with E-state index in [2.05, 4.69) is 26.8 Å². The minimum absolute atomic E-state index is 0.0942. The van der Waals surface area contributed by atoms with Gasteiger partial charge < -0.3 is 9.53 Å². The van der Waals surface area contributed by atoms with E-state index in [1.54, 1.807) is 5.57 Å². The summed E-state index contributed by atoms with van der Waals surface area (Å²) in [6.07, 6.45) is 15.3. The zero-order valence-corrected chi connectivity index (χ0v) is 18.0. The number of aldehydes is 1. The van der Waals surface area contributed by atoms with E-state index in [4.69, 9.17) is 4.74 Å². The lowest BCUT2D eigenvalue weighted by atomic mass is 9.47. The maximum absolute atomic E-state index is 10.9. The lowest BCUT2D eigenvalue weighted by molar-refractivity contribution is -0.136. The molecule has 0 spiro atoms. The average Bonchev–Trinajstić information content (AvgIpc) is 3.04. The maximum Gasteiger partial charge on any atom is 0.293 e. The normalized spacial score (nSPS) is 45.8. The van der Waals surface area contributed by atoms with Crippen LogP contribution in [0.3, 0.4) is 0 Å². The van der Waals surface area contributed by atoms with Crippen molar-refractivity contribution in [2.24, 2.45) is 40.4 Å². The highest BCUT2D eigenvalue weighted by Crippen LogP contribution is 2.67. The molecule has 156 valence electrons. The summed E-state index contributed by atoms with van der Waals surface area (Å²) in [4.78, 5) is 21.7. The van der Waals surface area contributed by atoms with Crippen LogP contribution in [0, 0.1) is 40.4 Å². The van der Waals surface area contributed by atoms with E-state index in [9.17, 15) is 9.59 Å². The fourth-order valence-electron chi connectivity index (χ4n) is 8.33. The predicted octanol–water partition coefficient (Wildman–Crippen LogP) is 5.72. The molecular formula is C25H38O3. The number of rotatable bonds is 6. The molecule has 0 aromatic heterocycles. The van der Waals surface area contributed by atoms with E-state index in [0.717, 1.165) is 55.6 Å². The van der Waals surface area contributed by atoms with Gasteiger partial charge in [0.1, 0.15) is 12.4 Å². The van der Waals surface area contributed by atoms with Gasteiger partial charge in [0, 0.05) is 12.8 Å². The molecule has 0 aromatic carbocycles. The minimum atomic E-state index is 0.0942. The Labute approximate surface area is 170 Å². The van der Waals surface area contributed by atoms with E-state index in [-0.39, 0.29) is 6.10 Å². The summed E-state index contributed by atoms with van der Waals surface area (Å²) < 4.78 is 5.32. The molecule has 3 nitrogen and oxygen atoms in total. The van der Waals surface area contributed by atoms with Gasteiger partial charge in [0.25, 0.3) is 6.47 Å². The number of carbonyl (C=O) groups excluding carboxylic acids is 2. The summed E-state index contributed by atoms with van der Waals surface area (Å²) in [5, 5.41) is 0. The van der Waals surface area contributed by atoms with Crippen LogP contribution in [0.5, 0.6) is 0 Å². The number of hydrogen-bond donors (Lipinski definition) is 0. The molecule has 4 aliphatic rings. The second kappa shape index (κ2) is 7.61. The van der Waals surface area contributed by atoms with E-state index in [1.807, 2.05) is 0 Å². The first-order chi connectivity index (χ1) is 13.4. The summed E-state index contributed by atoms with van der Waals surface area (Å²) in [6.45, 7) is 8.12. The Kier molecular flexibility index (Phi) is 5.48. The second-order valence-corrected chi connectivity index (χ2v) is 10.8. The van der Waals surface area contributed by atoms with Crippen molar-refractivity contribution in [2.45, 2.75) is 91.1 Å². The Morgan fingerprint density at radius 1 is 1.14 bits per heavy atom. The van der Waals surface area contributed by atoms with Crippen LogP contribution < -0.4 is 0 Å². The van der Waals surface area contributed by atoms with Crippen LogP contribution in [0.15, 0.2) is 11.6 Å². The number of hydrogen-bond acceptors (Lipinski definition) is 3. The summed E-state index contributed by atoms with van der Waals surface area (Å²) >= 11 is 0. The molecule has 4 aliphatic carbocycles. The summed E-state index contributed by atoms with van der Waals surface area (Å²) in [5.41, 5.74) is 2.35. The standard InChI is InChI=1S/C25H38O3/c1-17(5-4-14-26)21-8-9-22-20-7-6-18-15-19(28-16-27)10-12-24(18,2)23(20)11-13-25(21,22)3/h6,14,16-17,19-23H,4-5,7-13,15H2,1-3H3/t17-,19-,20+,21-,22+,23+,24+,25-/m1/s1. The molecule has 8 atom stereocenters. The lowest BCUT2D eigenvalue weighted by Crippen LogP contribution is -2.51. The number of fused-ring (bicyclic) bond motifs is 5. The first-order valence-corrected chi connectivity index (χ1v) is 11.7. The van der Waals surface area contributed by atoms with Crippen molar-refractivity contribution >= 4 is 12.8 Å². The first-order valence-electron chi connectivity index (χ1n) is 11.7. The van der Waals surface area contributed by atoms with E-state index < -0.39 is 0 Å². The molecule has 3 fully saturated rings. The van der Waals surface area contributed by atoms with E-state index >= 15 is 0 Å². The van der Waals surface area contributed by atoms with Crippen LogP contribution in [0.1, 0.15) is 85.0 Å². The molecular weight excluding hydrogens is 348 g/mol. The zero-order valence-electron chi connectivity index (χ0n) is 18.0. The molecule has 0 amide bonds. The number of ether oxygens (including phenoxy) is 1. The van der Waals surface area contributed by atoms with Crippen molar-refractivity contribution in [1.82, 2.24) is 0 Å². The van der Waals surface area contributed by atoms with E-state index in [1.165, 1.54) is 38.5 Å². The zero-order chi connectivity index (χ0) is 19.9. The highest BCUT2D eigenvalue weighted by atomic mass is 16.5. The first kappa shape index (κ1) is 20.2. The highest BCUT2D eigenvalue weighted by molar-refractivity contribution is 5.49. The van der Waals surface area contributed by atoms with Crippen LogP contribution in [0.4, 0.5) is 0 Å². The van der Waals surface area contributed by atoms with Crippen molar-refractivity contribution in [3.8, 4) is 0 Å². The summed E-state index contributed by atoms with van der Waals surface area (Å²) in [7, 11) is 0. The Hall–Kier alpha value is -1.12. The quantitative estimate of drug-likeness (QED) is 0.433. The molecule has 0 radical (unpaired) electrons. The molecule has 3 saturated carbocycles. The summed E-state index contributed by atoms with van der Waals surface area (Å²) in [5.74, 6) is 3.91. The van der Waals surface area contributed by atoms with Gasteiger partial charge in [0.2, 0.25) is 0 Å². The van der Waals surface area contributed by atoms with Crippen LogP contribution in [-0.2, 0) is 14.3 Å². The smallest absolute Gasteiger partial charge is 0.293 e. The van der Waals surface area contributed by atoms with Crippen molar-refractivity contribution in [1.29, 1.82) is 0 Å². The molecule has 4 rings (SSSR count). The monoisotopic (exact) mass is 386 g/mol. The van der Waals surface area contributed by atoms with Gasteiger partial charge in [0.15, 0.2) is 0 Å². The van der Waals surface area contributed by atoms with Gasteiger partial charge >= 0.3 is 0 Å². The van der Waals surface area contributed by atoms with Gasteiger partial charge in [-0.15, -0.1) is 0 Å². The van der Waals surface area contributed by atoms with E-state index in [0.29, 0.717) is 23.2 Å². The number of carbonyl (C=O) groups is 2. The Morgan fingerprint density at radius 3 is 2.71 bits per heavy atom. The van der Waals surface area contributed by atoms with Crippen LogP contribution in [0.25, 0.3) is 0 Å². The van der Waals surface area contributed by atoms with Crippen molar-refractivity contribution in [3.63, 3.8) is 0 Å². The fraction of sp³-hybridized carbons (Fsp3) is 0.840. The van der Waals surface area contributed by atoms with Gasteiger partial charge in [-0.1, -0.05) is 32.4 Å². The molecule has 0 unspecified atom stereocenters. The maximum atomic E-state index is 10.9. The molecule has 0 N–H and O–H groups in total. The van der Waals surface area contributed by atoms with Gasteiger partial charge in [0.05, 0.1) is 0 Å². The molecule has 28 heavy (non-hydrogen) atoms. The Morgan fingerprint density at radius 2 is 1.96 bits per heavy atom. The van der Waals surface area contributed by atoms with Gasteiger partial charge in [-0.05, 0) is 91.8 Å². The van der Waals surface area contributed by atoms with Crippen LogP contribution in [-0.4, -0.2) is 18.9 Å². The molecule has 3 heteroatoms. The Bertz CT molecular complexity index is 640. The Balaban J connectivity index is 1.54. The van der Waals surface area contributed by atoms with Gasteiger partial charge in [-0.3, -0.25) is 4.79 Å². The van der Waals surface area contributed by atoms with Crippen LogP contribution in [0.2, 0.25) is 0 Å². The van der Waals surface area contributed by atoms with Crippen molar-refractivity contribution in [3.05, 3.63) is 11.6 Å². The highest BCUT2D eigenvalue weighted by Gasteiger charge is 2.59. The third kappa shape index (κ3) is 3.08. The lowest BCUT2D eigenvalue weighted by Gasteiger charge is -2.58. The third-order valence-corrected chi connectivity index (χ3v) is 9.81. The van der Waals surface area contributed by atoms with Crippen molar-refractivity contribution in [2.75, 3.05) is 0 Å². The molecule has 0 heterocycles. The molecule has 0 bridgehead atoms. The SMILES string of the molecule is C[C@H](CCC=O)[C@H]1CC[C@H]2[C@@H]3CC=C4C[C@H](OC=O)CC[C@]4(C)[C@H]3CC[C@]12C. The molecule has 0 aliphatic heterocycles. The summed E-state index contributed by atoms with van der Waals surface area (Å²) in [6, 6.07) is 0. The third-order valence-electron chi connectivity index (χ3n) is 9.81. The molecule has 0 saturated heterocycles. The predicted molar refractivity (Wildman–Crippen MR) is 111 cm³/mol. The second-order valence-electron chi connectivity index (χ2n) is 10.8. The average molecular weight is 387 g/mol. The topological polar surface area (TPSA) is 43.4 Å². The van der Waals surface area contributed by atoms with Gasteiger partial charge in [-0.2, -0.15) is 0 Å². The fourth-order valence-corrected chi connectivity index (χ4v) is 8.33. The molecule has 0 aromatic rings. The van der Waals surface area contributed by atoms with Gasteiger partial charge in [-0.25, -0.2) is 0 Å². The number of allylic oxidation sites excluding steroid dienone is 1.